The Labute approximate surface area is 171 Å². The summed E-state index contributed by atoms with van der Waals surface area (Å²) in [6.45, 7) is 9.68. The predicted molar refractivity (Wildman–Crippen MR) is 118 cm³/mol. The van der Waals surface area contributed by atoms with Gasteiger partial charge in [-0.25, -0.2) is 0 Å². The maximum absolute atomic E-state index is 6.06. The van der Waals surface area contributed by atoms with E-state index in [2.05, 4.69) is 93.6 Å². The van der Waals surface area contributed by atoms with Crippen LogP contribution in [-0.4, -0.2) is 32.8 Å². The maximum Gasteiger partial charge on any atom is 0.101 e. The van der Waals surface area contributed by atoms with E-state index in [-0.39, 0.29) is 11.0 Å². The summed E-state index contributed by atoms with van der Waals surface area (Å²) >= 11 is 0. The Morgan fingerprint density at radius 2 is 1.68 bits per heavy atom. The zero-order valence-electron chi connectivity index (χ0n) is 18.3. The molecule has 2 aromatic carbocycles. The molecule has 0 radical (unpaired) electrons. The van der Waals surface area contributed by atoms with E-state index in [1.807, 2.05) is 0 Å². The van der Waals surface area contributed by atoms with Crippen LogP contribution in [0.4, 0.5) is 5.69 Å². The largest absolute Gasteiger partial charge is 0.378 e. The van der Waals surface area contributed by atoms with E-state index in [9.17, 15) is 0 Å². The smallest absolute Gasteiger partial charge is 0.101 e. The molecule has 3 rings (SSSR count). The van der Waals surface area contributed by atoms with Gasteiger partial charge in [-0.2, -0.15) is 0 Å². The van der Waals surface area contributed by atoms with E-state index in [0.29, 0.717) is 0 Å². The van der Waals surface area contributed by atoms with Crippen molar-refractivity contribution in [2.24, 2.45) is 0 Å². The SMILES string of the molecule is Cc1ccc([C@]2(CC[NH2+]Cc3ccc(N(C)C)cc3)CCOC(C)(C)C2)cc1. The van der Waals surface area contributed by atoms with Crippen LogP contribution in [0.2, 0.25) is 0 Å². The summed E-state index contributed by atoms with van der Waals surface area (Å²) in [5.74, 6) is 0. The van der Waals surface area contributed by atoms with Gasteiger partial charge in [0, 0.05) is 43.8 Å². The van der Waals surface area contributed by atoms with Gasteiger partial charge in [0.1, 0.15) is 6.54 Å². The van der Waals surface area contributed by atoms with Gasteiger partial charge in [0.15, 0.2) is 0 Å². The van der Waals surface area contributed by atoms with Crippen LogP contribution in [-0.2, 0) is 16.7 Å². The highest BCUT2D eigenvalue weighted by molar-refractivity contribution is 5.45. The normalized spacial score (nSPS) is 21.5. The molecule has 0 amide bonds. The molecule has 3 heteroatoms. The van der Waals surface area contributed by atoms with E-state index >= 15 is 0 Å². The first kappa shape index (κ1) is 20.9. The second kappa shape index (κ2) is 8.67. The number of aryl methyl sites for hydroxylation is 1. The van der Waals surface area contributed by atoms with Crippen LogP contribution in [0.3, 0.4) is 0 Å². The van der Waals surface area contributed by atoms with Crippen LogP contribution in [0.1, 0.15) is 49.8 Å². The molecular formula is C25H37N2O+. The van der Waals surface area contributed by atoms with Crippen LogP contribution in [0.5, 0.6) is 0 Å². The van der Waals surface area contributed by atoms with Crippen molar-refractivity contribution in [3.05, 3.63) is 65.2 Å². The molecule has 2 N–H and O–H groups in total. The molecule has 1 aliphatic heterocycles. The van der Waals surface area contributed by atoms with Crippen LogP contribution in [0.15, 0.2) is 48.5 Å². The molecule has 152 valence electrons. The van der Waals surface area contributed by atoms with Crippen molar-refractivity contribution in [3.8, 4) is 0 Å². The lowest BCUT2D eigenvalue weighted by Crippen LogP contribution is -2.83. The number of benzene rings is 2. The summed E-state index contributed by atoms with van der Waals surface area (Å²) in [5, 5.41) is 2.46. The van der Waals surface area contributed by atoms with Gasteiger partial charge in [-0.05, 0) is 51.3 Å². The zero-order chi connectivity index (χ0) is 20.2. The van der Waals surface area contributed by atoms with E-state index in [1.54, 1.807) is 0 Å². The van der Waals surface area contributed by atoms with E-state index in [1.165, 1.54) is 28.8 Å². The first-order valence-corrected chi connectivity index (χ1v) is 10.6. The van der Waals surface area contributed by atoms with Gasteiger partial charge < -0.3 is 15.0 Å². The molecule has 3 nitrogen and oxygen atoms in total. The second-order valence-corrected chi connectivity index (χ2v) is 9.27. The molecule has 1 fully saturated rings. The van der Waals surface area contributed by atoms with Crippen molar-refractivity contribution in [2.45, 2.75) is 57.6 Å². The first-order chi connectivity index (χ1) is 13.3. The minimum atomic E-state index is -0.0505. The predicted octanol–water partition coefficient (Wildman–Crippen LogP) is 4.04. The summed E-state index contributed by atoms with van der Waals surface area (Å²) in [6, 6.07) is 18.1. The number of rotatable bonds is 7. The Balaban J connectivity index is 1.64. The summed E-state index contributed by atoms with van der Waals surface area (Å²) in [7, 11) is 4.17. The molecule has 0 unspecified atom stereocenters. The molecular weight excluding hydrogens is 344 g/mol. The molecule has 1 heterocycles. The molecule has 1 atom stereocenters. The molecule has 0 aliphatic carbocycles. The molecule has 0 aromatic heterocycles. The Morgan fingerprint density at radius 3 is 2.29 bits per heavy atom. The highest BCUT2D eigenvalue weighted by Crippen LogP contribution is 2.43. The highest BCUT2D eigenvalue weighted by Gasteiger charge is 2.42. The number of ether oxygens (including phenoxy) is 1. The van der Waals surface area contributed by atoms with E-state index < -0.39 is 0 Å². The molecule has 1 saturated heterocycles. The number of hydrogen-bond donors (Lipinski definition) is 1. The minimum Gasteiger partial charge on any atom is -0.378 e. The quantitative estimate of drug-likeness (QED) is 0.734. The lowest BCUT2D eigenvalue weighted by Gasteiger charge is -2.45. The number of nitrogens with two attached hydrogens (primary N) is 1. The van der Waals surface area contributed by atoms with Crippen molar-refractivity contribution < 1.29 is 10.1 Å². The third kappa shape index (κ3) is 5.15. The van der Waals surface area contributed by atoms with Gasteiger partial charge in [0.2, 0.25) is 0 Å². The summed E-state index contributed by atoms with van der Waals surface area (Å²) < 4.78 is 6.06. The lowest BCUT2D eigenvalue weighted by molar-refractivity contribution is -0.672. The van der Waals surface area contributed by atoms with Crippen molar-refractivity contribution >= 4 is 5.69 Å². The highest BCUT2D eigenvalue weighted by atomic mass is 16.5. The van der Waals surface area contributed by atoms with Gasteiger partial charge in [-0.1, -0.05) is 42.0 Å². The summed E-state index contributed by atoms with van der Waals surface area (Å²) in [6.07, 6.45) is 3.40. The number of anilines is 1. The topological polar surface area (TPSA) is 29.1 Å². The fraction of sp³-hybridized carbons (Fsp3) is 0.520. The van der Waals surface area contributed by atoms with Crippen molar-refractivity contribution in [3.63, 3.8) is 0 Å². The minimum absolute atomic E-state index is 0.0505. The maximum atomic E-state index is 6.06. The van der Waals surface area contributed by atoms with Gasteiger partial charge >= 0.3 is 0 Å². The second-order valence-electron chi connectivity index (χ2n) is 9.27. The molecule has 28 heavy (non-hydrogen) atoms. The van der Waals surface area contributed by atoms with Crippen LogP contribution >= 0.6 is 0 Å². The fourth-order valence-electron chi connectivity index (χ4n) is 4.57. The fourth-order valence-corrected chi connectivity index (χ4v) is 4.57. The van der Waals surface area contributed by atoms with Crippen molar-refractivity contribution in [1.82, 2.24) is 0 Å². The molecule has 0 spiro atoms. The van der Waals surface area contributed by atoms with Crippen molar-refractivity contribution in [2.75, 3.05) is 32.1 Å². The Morgan fingerprint density at radius 1 is 1.00 bits per heavy atom. The average Bonchev–Trinajstić information content (AvgIpc) is 2.65. The number of quaternary nitrogens is 1. The van der Waals surface area contributed by atoms with Gasteiger partial charge in [-0.3, -0.25) is 0 Å². The molecule has 1 aliphatic rings. The Kier molecular flexibility index (Phi) is 6.47. The van der Waals surface area contributed by atoms with E-state index in [4.69, 9.17) is 4.74 Å². The van der Waals surface area contributed by atoms with Crippen LogP contribution in [0, 0.1) is 6.92 Å². The summed E-state index contributed by atoms with van der Waals surface area (Å²) in [4.78, 5) is 2.14. The number of nitrogens with zero attached hydrogens (tertiary/aromatic N) is 1. The van der Waals surface area contributed by atoms with Gasteiger partial charge in [0.05, 0.1) is 12.1 Å². The van der Waals surface area contributed by atoms with Crippen LogP contribution < -0.4 is 10.2 Å². The van der Waals surface area contributed by atoms with E-state index in [0.717, 1.165) is 32.5 Å². The van der Waals surface area contributed by atoms with Gasteiger partial charge in [-0.15, -0.1) is 0 Å². The first-order valence-electron chi connectivity index (χ1n) is 10.6. The molecule has 0 bridgehead atoms. The zero-order valence-corrected chi connectivity index (χ0v) is 18.3. The third-order valence-electron chi connectivity index (χ3n) is 6.16. The Hall–Kier alpha value is -1.84. The van der Waals surface area contributed by atoms with Crippen molar-refractivity contribution in [1.29, 1.82) is 0 Å². The Bertz CT molecular complexity index is 749. The average molecular weight is 382 g/mol. The number of hydrogen-bond acceptors (Lipinski definition) is 2. The third-order valence-corrected chi connectivity index (χ3v) is 6.16. The monoisotopic (exact) mass is 381 g/mol. The standard InChI is InChI=1S/C25H36N2O/c1-20-6-10-22(11-7-20)25(15-17-28-24(2,3)19-25)14-16-26-18-21-8-12-23(13-9-21)27(4)5/h6-13,26H,14-19H2,1-5H3/p+1/t25-/m1/s1. The molecule has 0 saturated carbocycles. The molecule has 2 aromatic rings. The van der Waals surface area contributed by atoms with Gasteiger partial charge in [0.25, 0.3) is 0 Å². The van der Waals surface area contributed by atoms with Crippen LogP contribution in [0.25, 0.3) is 0 Å². The summed E-state index contributed by atoms with van der Waals surface area (Å²) in [5.41, 5.74) is 5.64. The lowest BCUT2D eigenvalue weighted by atomic mass is 9.67.